The zero-order valence-corrected chi connectivity index (χ0v) is 47.5. The van der Waals surface area contributed by atoms with Gasteiger partial charge < -0.3 is 18.9 Å². The molecule has 0 radical (unpaired) electrons. The van der Waals surface area contributed by atoms with Crippen LogP contribution in [0.15, 0.2) is 364 Å². The van der Waals surface area contributed by atoms with Crippen molar-refractivity contribution < 1.29 is 16.4 Å². The van der Waals surface area contributed by atoms with E-state index in [9.17, 15) is 5.48 Å². The van der Waals surface area contributed by atoms with Gasteiger partial charge in [0.05, 0.1) is 38.5 Å². The van der Waals surface area contributed by atoms with Crippen LogP contribution in [0.3, 0.4) is 0 Å². The van der Waals surface area contributed by atoms with E-state index in [-0.39, 0.29) is 88.6 Å². The molecule has 2 heterocycles. The van der Waals surface area contributed by atoms with E-state index in [0.29, 0.717) is 27.9 Å². The van der Waals surface area contributed by atoms with E-state index in [1.807, 2.05) is 205 Å². The number of fused-ring (bicyclic) bond motifs is 6. The quantitative estimate of drug-likeness (QED) is 0.121. The maximum Gasteiger partial charge on any atom is 0.0651 e. The molecule has 0 aliphatic heterocycles. The van der Waals surface area contributed by atoms with Crippen LogP contribution in [-0.4, -0.2) is 9.13 Å². The van der Waals surface area contributed by atoms with Gasteiger partial charge in [-0.2, -0.15) is 0 Å². The van der Waals surface area contributed by atoms with Crippen LogP contribution in [0.25, 0.3) is 99.5 Å². The number of anilines is 6. The number of rotatable bonds is 12. The molecule has 0 amide bonds. The molecule has 0 unspecified atom stereocenters. The first-order chi connectivity index (χ1) is 48.7. The largest absolute Gasteiger partial charge is 0.310 e. The van der Waals surface area contributed by atoms with Crippen LogP contribution < -0.4 is 9.80 Å². The third-order valence-electron chi connectivity index (χ3n) is 15.8. The Labute approximate surface area is 530 Å². The summed E-state index contributed by atoms with van der Waals surface area (Å²) in [4.78, 5) is 3.22. The van der Waals surface area contributed by atoms with Gasteiger partial charge in [0.1, 0.15) is 0 Å². The van der Waals surface area contributed by atoms with Crippen LogP contribution in [-0.2, 0) is 0 Å². The molecule has 88 heavy (non-hydrogen) atoms. The molecule has 0 saturated carbocycles. The Hall–Kier alpha value is -11.7. The topological polar surface area (TPSA) is 16.3 Å². The third kappa shape index (κ3) is 10.4. The lowest BCUT2D eigenvalue weighted by atomic mass is 10.0. The summed E-state index contributed by atoms with van der Waals surface area (Å²) < 4.78 is 114. The van der Waals surface area contributed by atoms with E-state index >= 15 is 0 Å². The van der Waals surface area contributed by atoms with Crippen molar-refractivity contribution in [3.8, 4) is 55.9 Å². The minimum atomic E-state index is -0.437. The molecule has 0 N–H and O–H groups in total. The second-order valence-corrected chi connectivity index (χ2v) is 21.1. The Kier molecular flexibility index (Phi) is 11.1. The van der Waals surface area contributed by atoms with Gasteiger partial charge in [-0.1, -0.05) is 230 Å². The molecule has 416 valence electrons. The van der Waals surface area contributed by atoms with Crippen molar-refractivity contribution in [2.75, 3.05) is 9.80 Å². The zero-order chi connectivity index (χ0) is 69.0. The van der Waals surface area contributed by atoms with Gasteiger partial charge >= 0.3 is 0 Å². The van der Waals surface area contributed by atoms with Crippen molar-refractivity contribution in [3.05, 3.63) is 364 Å². The summed E-state index contributed by atoms with van der Waals surface area (Å²) in [6.45, 7) is 0. The molecule has 0 atom stereocenters. The van der Waals surface area contributed by atoms with E-state index in [0.717, 1.165) is 77.5 Å². The first kappa shape index (κ1) is 41.3. The lowest BCUT2D eigenvalue weighted by Gasteiger charge is -2.26. The highest BCUT2D eigenvalue weighted by Crippen LogP contribution is 2.42. The van der Waals surface area contributed by atoms with Gasteiger partial charge in [-0.05, 0) is 178 Å². The van der Waals surface area contributed by atoms with Gasteiger partial charge in [-0.25, -0.2) is 0 Å². The van der Waals surface area contributed by atoms with Gasteiger partial charge in [0, 0.05) is 67.0 Å². The second kappa shape index (κ2) is 23.7. The number of hydrogen-bond acceptors (Lipinski definition) is 2. The summed E-state index contributed by atoms with van der Waals surface area (Å²) in [6.07, 6.45) is 0. The fourth-order valence-electron chi connectivity index (χ4n) is 11.7. The molecule has 0 aliphatic carbocycles. The number of aromatic nitrogens is 2. The zero-order valence-electron chi connectivity index (χ0n) is 59.5. The van der Waals surface area contributed by atoms with Crippen LogP contribution in [0.1, 0.15) is 16.4 Å². The SMILES string of the molecule is [2H]c1c([2H])c(-c2ccc3c(c2)c2ccccc2n3-c2ccccc2)c([2H])c(N(c2ccccc2)c2c([2H])c([2H])c(-c3ccccc3)c([2H])c2[2H])c1[2H].[2H]c1c([2H])c(-c2ccc3c(c2)c2ccccc2n3-c2ccccc2)c([2H])c(N(c2ccccc2)c2ccc(-c3ccccc3)cc2)c1[2H]. The fourth-order valence-corrected chi connectivity index (χ4v) is 11.7. The molecular weight excluding hydrogens is 1060 g/mol. The molecule has 0 aliphatic rings. The van der Waals surface area contributed by atoms with Crippen molar-refractivity contribution in [2.24, 2.45) is 0 Å². The Morgan fingerprint density at radius 2 is 0.557 bits per heavy atom. The van der Waals surface area contributed by atoms with Gasteiger partial charge in [-0.3, -0.25) is 0 Å². The Balaban J connectivity index is 0.000000163. The van der Waals surface area contributed by atoms with Gasteiger partial charge in [0.2, 0.25) is 0 Å². The summed E-state index contributed by atoms with van der Waals surface area (Å²) in [5, 5.41) is 3.90. The van der Waals surface area contributed by atoms with Gasteiger partial charge in [0.25, 0.3) is 0 Å². The molecule has 16 aromatic rings. The highest BCUT2D eigenvalue weighted by atomic mass is 15.1. The fraction of sp³-hybridized carbons (Fsp3) is 0. The van der Waals surface area contributed by atoms with E-state index < -0.39 is 12.1 Å². The molecule has 2 aromatic heterocycles. The van der Waals surface area contributed by atoms with Crippen LogP contribution in [0, 0.1) is 0 Å². The number of hydrogen-bond donors (Lipinski definition) is 0. The molecule has 4 heteroatoms. The molecular formula is C84H60N4. The van der Waals surface area contributed by atoms with E-state index in [1.165, 1.54) is 4.90 Å². The Bertz CT molecular complexity index is 5770. The summed E-state index contributed by atoms with van der Waals surface area (Å²) >= 11 is 0. The van der Waals surface area contributed by atoms with Crippen LogP contribution in [0.5, 0.6) is 0 Å². The second-order valence-electron chi connectivity index (χ2n) is 21.1. The number of nitrogens with zero attached hydrogens (tertiary/aromatic N) is 4. The van der Waals surface area contributed by atoms with Crippen molar-refractivity contribution in [3.63, 3.8) is 0 Å². The Morgan fingerprint density at radius 1 is 0.216 bits per heavy atom. The summed E-state index contributed by atoms with van der Waals surface area (Å²) in [5.41, 5.74) is 12.3. The van der Waals surface area contributed by atoms with Crippen molar-refractivity contribution in [2.45, 2.75) is 0 Å². The predicted octanol–water partition coefficient (Wildman–Crippen LogP) is 23.2. The van der Waals surface area contributed by atoms with Crippen LogP contribution >= 0.6 is 0 Å². The molecule has 16 rings (SSSR count). The standard InChI is InChI=1S/2C42H30N2/c2*1-4-13-31(14-5-1)32-23-26-37(27-24-32)43(35-16-6-2-7-17-35)38-20-12-15-33(29-38)34-25-28-42-40(30-34)39-21-10-11-22-41(39)44(42)36-18-8-3-9-19-36/h2*1-30H/i12D,15D,20D,23D,24D,26D,27D,29D;12D,15D,20D,29D. The lowest BCUT2D eigenvalue weighted by Crippen LogP contribution is -2.09. The minimum Gasteiger partial charge on any atom is -0.310 e. The lowest BCUT2D eigenvalue weighted by molar-refractivity contribution is 1.18. The summed E-state index contributed by atoms with van der Waals surface area (Å²) in [5.74, 6) is 0. The average molecular weight is 1140 g/mol. The van der Waals surface area contributed by atoms with Gasteiger partial charge in [-0.15, -0.1) is 0 Å². The average Bonchev–Trinajstić information content (AvgIpc) is 1.20. The molecule has 0 spiro atoms. The van der Waals surface area contributed by atoms with Crippen molar-refractivity contribution in [1.82, 2.24) is 9.13 Å². The highest BCUT2D eigenvalue weighted by Gasteiger charge is 2.19. The summed E-state index contributed by atoms with van der Waals surface area (Å²) in [7, 11) is 0. The normalized spacial score (nSPS) is 13.1. The number of benzene rings is 14. The first-order valence-electron chi connectivity index (χ1n) is 35.1. The van der Waals surface area contributed by atoms with Crippen molar-refractivity contribution in [1.29, 1.82) is 0 Å². The highest BCUT2D eigenvalue weighted by molar-refractivity contribution is 6.12. The minimum absolute atomic E-state index is 0.0307. The van der Waals surface area contributed by atoms with Crippen LogP contribution in [0.4, 0.5) is 34.1 Å². The smallest absolute Gasteiger partial charge is 0.0651 e. The van der Waals surface area contributed by atoms with E-state index in [4.69, 9.17) is 11.0 Å². The molecule has 0 bridgehead atoms. The van der Waals surface area contributed by atoms with Crippen LogP contribution in [0.2, 0.25) is 0 Å². The molecule has 4 nitrogen and oxygen atoms in total. The molecule has 14 aromatic carbocycles. The molecule has 0 saturated heterocycles. The monoisotopic (exact) mass is 1140 g/mol. The number of para-hydroxylation sites is 6. The maximum atomic E-state index is 9.64. The van der Waals surface area contributed by atoms with E-state index in [1.54, 1.807) is 54.6 Å². The predicted molar refractivity (Wildman–Crippen MR) is 373 cm³/mol. The first-order valence-corrected chi connectivity index (χ1v) is 29.1. The maximum absolute atomic E-state index is 9.64. The Morgan fingerprint density at radius 3 is 1.01 bits per heavy atom. The van der Waals surface area contributed by atoms with Gasteiger partial charge in [0.15, 0.2) is 0 Å². The third-order valence-corrected chi connectivity index (χ3v) is 15.8. The molecule has 0 fully saturated rings. The van der Waals surface area contributed by atoms with E-state index in [2.05, 4.69) is 45.5 Å². The summed E-state index contributed by atoms with van der Waals surface area (Å²) in [6, 6.07) is 90.2. The van der Waals surface area contributed by atoms with Crippen molar-refractivity contribution >= 4 is 77.7 Å².